The fourth-order valence-electron chi connectivity index (χ4n) is 1.94. The molecule has 2 saturated heterocycles. The van der Waals surface area contributed by atoms with Crippen molar-refractivity contribution in [2.45, 2.75) is 6.10 Å². The van der Waals surface area contributed by atoms with Gasteiger partial charge in [-0.3, -0.25) is 0 Å². The summed E-state index contributed by atoms with van der Waals surface area (Å²) in [6, 6.07) is 8.24. The van der Waals surface area contributed by atoms with Crippen molar-refractivity contribution in [2.24, 2.45) is 0 Å². The Balaban J connectivity index is 1.64. The highest BCUT2D eigenvalue weighted by Crippen LogP contribution is 2.23. The third-order valence-corrected chi connectivity index (χ3v) is 3.03. The lowest BCUT2D eigenvalue weighted by Gasteiger charge is -2.29. The number of hydrogen-bond donors (Lipinski definition) is 0. The number of ether oxygens (including phenoxy) is 3. The zero-order valence-corrected chi connectivity index (χ0v) is 9.80. The Bertz CT molecular complexity index is 373. The molecule has 0 bridgehead atoms. The predicted molar refractivity (Wildman–Crippen MR) is 64.7 cm³/mol. The molecular weight excluding hydrogens is 218 g/mol. The van der Waals surface area contributed by atoms with Crippen LogP contribution in [-0.2, 0) is 9.47 Å². The molecule has 2 fully saturated rings. The third-order valence-electron chi connectivity index (χ3n) is 3.03. The Hall–Kier alpha value is -1.26. The first-order valence-corrected chi connectivity index (χ1v) is 6.09. The van der Waals surface area contributed by atoms with Crippen LogP contribution in [-0.4, -0.2) is 45.6 Å². The van der Waals surface area contributed by atoms with E-state index in [9.17, 15) is 0 Å². The van der Waals surface area contributed by atoms with Gasteiger partial charge in [-0.1, -0.05) is 6.07 Å². The molecule has 0 radical (unpaired) electrons. The molecule has 0 spiro atoms. The van der Waals surface area contributed by atoms with Gasteiger partial charge in [0.1, 0.15) is 18.5 Å². The molecular formula is C13H17NO3. The van der Waals surface area contributed by atoms with Crippen molar-refractivity contribution in [2.75, 3.05) is 44.4 Å². The predicted octanol–water partition coefficient (Wildman–Crippen LogP) is 1.30. The Labute approximate surface area is 101 Å². The van der Waals surface area contributed by atoms with E-state index in [1.54, 1.807) is 0 Å². The fourth-order valence-corrected chi connectivity index (χ4v) is 1.94. The highest BCUT2D eigenvalue weighted by molar-refractivity contribution is 5.51. The summed E-state index contributed by atoms with van der Waals surface area (Å²) in [5, 5.41) is 0. The molecule has 0 N–H and O–H groups in total. The van der Waals surface area contributed by atoms with Crippen molar-refractivity contribution >= 4 is 5.69 Å². The van der Waals surface area contributed by atoms with Gasteiger partial charge in [-0.05, 0) is 12.1 Å². The molecule has 0 saturated carbocycles. The first-order valence-electron chi connectivity index (χ1n) is 6.09. The largest absolute Gasteiger partial charge is 0.491 e. The van der Waals surface area contributed by atoms with E-state index in [1.807, 2.05) is 12.1 Å². The van der Waals surface area contributed by atoms with E-state index in [1.165, 1.54) is 5.69 Å². The summed E-state index contributed by atoms with van der Waals surface area (Å²) >= 11 is 0. The van der Waals surface area contributed by atoms with Crippen LogP contribution in [0.15, 0.2) is 24.3 Å². The summed E-state index contributed by atoms with van der Waals surface area (Å²) in [6.45, 7) is 5.02. The molecule has 0 aromatic heterocycles. The van der Waals surface area contributed by atoms with Crippen LogP contribution in [0.25, 0.3) is 0 Å². The molecule has 1 unspecified atom stereocenters. The molecule has 3 rings (SSSR count). The molecule has 17 heavy (non-hydrogen) atoms. The molecule has 4 nitrogen and oxygen atoms in total. The van der Waals surface area contributed by atoms with Gasteiger partial charge in [-0.25, -0.2) is 0 Å². The topological polar surface area (TPSA) is 34.2 Å². The number of benzene rings is 1. The lowest BCUT2D eigenvalue weighted by atomic mass is 10.2. The summed E-state index contributed by atoms with van der Waals surface area (Å²) in [5.41, 5.74) is 1.21. The van der Waals surface area contributed by atoms with Gasteiger partial charge in [-0.15, -0.1) is 0 Å². The van der Waals surface area contributed by atoms with Crippen molar-refractivity contribution in [1.29, 1.82) is 0 Å². The van der Waals surface area contributed by atoms with E-state index < -0.39 is 0 Å². The minimum atomic E-state index is 0.307. The smallest absolute Gasteiger partial charge is 0.121 e. The maximum atomic E-state index is 5.68. The van der Waals surface area contributed by atoms with Crippen molar-refractivity contribution in [3.8, 4) is 5.75 Å². The van der Waals surface area contributed by atoms with E-state index >= 15 is 0 Å². The minimum Gasteiger partial charge on any atom is -0.491 e. The Morgan fingerprint density at radius 3 is 2.88 bits per heavy atom. The maximum absolute atomic E-state index is 5.68. The molecule has 1 aromatic carbocycles. The SMILES string of the molecule is c1cc(OCC2CO2)cc(N2CCOCC2)c1. The summed E-state index contributed by atoms with van der Waals surface area (Å²) in [7, 11) is 0. The molecule has 1 aromatic rings. The first kappa shape index (κ1) is 10.9. The van der Waals surface area contributed by atoms with E-state index in [4.69, 9.17) is 14.2 Å². The van der Waals surface area contributed by atoms with Crippen molar-refractivity contribution in [1.82, 2.24) is 0 Å². The van der Waals surface area contributed by atoms with Crippen LogP contribution < -0.4 is 9.64 Å². The zero-order valence-electron chi connectivity index (χ0n) is 9.80. The molecule has 4 heteroatoms. The fraction of sp³-hybridized carbons (Fsp3) is 0.538. The van der Waals surface area contributed by atoms with E-state index in [-0.39, 0.29) is 0 Å². The lowest BCUT2D eigenvalue weighted by molar-refractivity contribution is 0.122. The Morgan fingerprint density at radius 1 is 1.29 bits per heavy atom. The van der Waals surface area contributed by atoms with E-state index in [2.05, 4.69) is 17.0 Å². The highest BCUT2D eigenvalue weighted by atomic mass is 16.6. The van der Waals surface area contributed by atoms with Gasteiger partial charge in [0.2, 0.25) is 0 Å². The van der Waals surface area contributed by atoms with Crippen molar-refractivity contribution < 1.29 is 14.2 Å². The molecule has 0 amide bonds. The molecule has 2 heterocycles. The van der Waals surface area contributed by atoms with E-state index in [0.717, 1.165) is 38.7 Å². The van der Waals surface area contributed by atoms with E-state index in [0.29, 0.717) is 12.7 Å². The van der Waals surface area contributed by atoms with Gasteiger partial charge in [0, 0.05) is 24.8 Å². The second-order valence-electron chi connectivity index (χ2n) is 4.36. The lowest BCUT2D eigenvalue weighted by Crippen LogP contribution is -2.36. The second-order valence-corrected chi connectivity index (χ2v) is 4.36. The van der Waals surface area contributed by atoms with Gasteiger partial charge in [-0.2, -0.15) is 0 Å². The summed E-state index contributed by atoms with van der Waals surface area (Å²) in [6.07, 6.45) is 0.307. The van der Waals surface area contributed by atoms with Gasteiger partial charge < -0.3 is 19.1 Å². The van der Waals surface area contributed by atoms with Crippen LogP contribution in [0, 0.1) is 0 Å². The average molecular weight is 235 g/mol. The van der Waals surface area contributed by atoms with Crippen LogP contribution in [0.4, 0.5) is 5.69 Å². The van der Waals surface area contributed by atoms with Crippen LogP contribution in [0.3, 0.4) is 0 Å². The number of nitrogens with zero attached hydrogens (tertiary/aromatic N) is 1. The number of hydrogen-bond acceptors (Lipinski definition) is 4. The average Bonchev–Trinajstić information content (AvgIpc) is 3.22. The Kier molecular flexibility index (Phi) is 3.16. The molecule has 92 valence electrons. The van der Waals surface area contributed by atoms with Gasteiger partial charge in [0.05, 0.1) is 19.8 Å². The molecule has 2 aliphatic rings. The first-order chi connectivity index (χ1) is 8.42. The minimum absolute atomic E-state index is 0.307. The van der Waals surface area contributed by atoms with Crippen LogP contribution in [0.2, 0.25) is 0 Å². The highest BCUT2D eigenvalue weighted by Gasteiger charge is 2.23. The standard InChI is InChI=1S/C13H17NO3/c1-2-11(14-4-6-15-7-5-14)8-12(3-1)16-9-13-10-17-13/h1-3,8,13H,4-7,9-10H2. The summed E-state index contributed by atoms with van der Waals surface area (Å²) < 4.78 is 16.2. The molecule has 1 atom stereocenters. The number of morpholine rings is 1. The number of rotatable bonds is 4. The monoisotopic (exact) mass is 235 g/mol. The van der Waals surface area contributed by atoms with Gasteiger partial charge in [0.15, 0.2) is 0 Å². The summed E-state index contributed by atoms with van der Waals surface area (Å²) in [4.78, 5) is 2.32. The summed E-state index contributed by atoms with van der Waals surface area (Å²) in [5.74, 6) is 0.921. The number of epoxide rings is 1. The normalized spacial score (nSPS) is 23.5. The van der Waals surface area contributed by atoms with Crippen molar-refractivity contribution in [3.63, 3.8) is 0 Å². The van der Waals surface area contributed by atoms with Gasteiger partial charge in [0.25, 0.3) is 0 Å². The van der Waals surface area contributed by atoms with Crippen LogP contribution in [0.5, 0.6) is 5.75 Å². The third kappa shape index (κ3) is 2.90. The Morgan fingerprint density at radius 2 is 2.12 bits per heavy atom. The van der Waals surface area contributed by atoms with Crippen LogP contribution >= 0.6 is 0 Å². The zero-order chi connectivity index (χ0) is 11.5. The van der Waals surface area contributed by atoms with Crippen LogP contribution in [0.1, 0.15) is 0 Å². The van der Waals surface area contributed by atoms with Crippen molar-refractivity contribution in [3.05, 3.63) is 24.3 Å². The molecule has 0 aliphatic carbocycles. The number of anilines is 1. The second kappa shape index (κ2) is 4.94. The maximum Gasteiger partial charge on any atom is 0.121 e. The quantitative estimate of drug-likeness (QED) is 0.737. The molecule has 2 aliphatic heterocycles. The van der Waals surface area contributed by atoms with Gasteiger partial charge >= 0.3 is 0 Å².